The molecule has 1 rings (SSSR count). The Balaban J connectivity index is 2.16. The Morgan fingerprint density at radius 3 is 1.91 bits per heavy atom. The molecule has 0 aromatic rings. The SMILES string of the molecule is C/C(=C\CC#N)CC/C=C(\C)CC/C=C(\C)CCC1OC1(C)C. The van der Waals surface area contributed by atoms with Crippen molar-refractivity contribution in [3.05, 3.63) is 34.9 Å². The Labute approximate surface area is 142 Å². The average molecular weight is 316 g/mol. The van der Waals surface area contributed by atoms with Crippen LogP contribution in [-0.2, 0) is 4.74 Å². The van der Waals surface area contributed by atoms with Crippen molar-refractivity contribution in [3.63, 3.8) is 0 Å². The monoisotopic (exact) mass is 315 g/mol. The highest BCUT2D eigenvalue weighted by molar-refractivity contribution is 5.07. The fraction of sp³-hybridized carbons (Fsp3) is 0.667. The standard InChI is InChI=1S/C21H33NO/c1-17(9-6-11-18(2)13-8-16-22)10-7-12-19(3)14-15-20-21(4,5)23-20/h9,12-13,20H,6-8,10-11,14-15H2,1-5H3/b17-9+,18-13+,19-12+. The molecule has 0 saturated carbocycles. The van der Waals surface area contributed by atoms with Crippen LogP contribution in [0.2, 0.25) is 0 Å². The van der Waals surface area contributed by atoms with E-state index in [4.69, 9.17) is 10.00 Å². The van der Waals surface area contributed by atoms with Crippen molar-refractivity contribution in [1.82, 2.24) is 0 Å². The first-order valence-electron chi connectivity index (χ1n) is 8.87. The van der Waals surface area contributed by atoms with E-state index in [0.29, 0.717) is 12.5 Å². The Bertz CT molecular complexity index is 502. The Hall–Kier alpha value is -1.33. The van der Waals surface area contributed by atoms with E-state index in [-0.39, 0.29) is 5.60 Å². The molecule has 1 heterocycles. The molecule has 23 heavy (non-hydrogen) atoms. The van der Waals surface area contributed by atoms with Gasteiger partial charge in [0.25, 0.3) is 0 Å². The van der Waals surface area contributed by atoms with E-state index >= 15 is 0 Å². The third-order valence-corrected chi connectivity index (χ3v) is 4.57. The van der Waals surface area contributed by atoms with Gasteiger partial charge in [-0.15, -0.1) is 0 Å². The maximum absolute atomic E-state index is 8.55. The van der Waals surface area contributed by atoms with E-state index in [1.807, 2.05) is 6.08 Å². The van der Waals surface area contributed by atoms with Gasteiger partial charge in [0.05, 0.1) is 24.2 Å². The van der Waals surface area contributed by atoms with E-state index < -0.39 is 0 Å². The highest BCUT2D eigenvalue weighted by Gasteiger charge is 2.46. The summed E-state index contributed by atoms with van der Waals surface area (Å²) in [7, 11) is 0. The first-order chi connectivity index (χ1) is 10.8. The van der Waals surface area contributed by atoms with Crippen LogP contribution in [0.25, 0.3) is 0 Å². The second-order valence-corrected chi connectivity index (χ2v) is 7.34. The summed E-state index contributed by atoms with van der Waals surface area (Å²) in [6.07, 6.45) is 14.5. The summed E-state index contributed by atoms with van der Waals surface area (Å²) in [6.45, 7) is 10.9. The smallest absolute Gasteiger partial charge is 0.0892 e. The molecule has 0 aromatic carbocycles. The normalized spacial score (nSPS) is 21.2. The lowest BCUT2D eigenvalue weighted by Crippen LogP contribution is -2.02. The fourth-order valence-electron chi connectivity index (χ4n) is 2.72. The fourth-order valence-corrected chi connectivity index (χ4v) is 2.72. The van der Waals surface area contributed by atoms with Gasteiger partial charge >= 0.3 is 0 Å². The lowest BCUT2D eigenvalue weighted by Gasteiger charge is -2.03. The van der Waals surface area contributed by atoms with Gasteiger partial charge in [0.15, 0.2) is 0 Å². The third kappa shape index (κ3) is 8.77. The van der Waals surface area contributed by atoms with Gasteiger partial charge in [-0.25, -0.2) is 0 Å². The summed E-state index contributed by atoms with van der Waals surface area (Å²) in [5.74, 6) is 0. The molecular weight excluding hydrogens is 282 g/mol. The van der Waals surface area contributed by atoms with Crippen molar-refractivity contribution in [2.45, 2.75) is 91.3 Å². The van der Waals surface area contributed by atoms with Crippen LogP contribution in [0.15, 0.2) is 34.9 Å². The Morgan fingerprint density at radius 2 is 1.43 bits per heavy atom. The summed E-state index contributed by atoms with van der Waals surface area (Å²) in [6, 6.07) is 2.16. The van der Waals surface area contributed by atoms with Gasteiger partial charge in [0.2, 0.25) is 0 Å². The molecule has 1 unspecified atom stereocenters. The molecule has 1 fully saturated rings. The molecule has 0 N–H and O–H groups in total. The van der Waals surface area contributed by atoms with Crippen molar-refractivity contribution in [1.29, 1.82) is 5.26 Å². The molecule has 0 aliphatic carbocycles. The van der Waals surface area contributed by atoms with E-state index in [9.17, 15) is 0 Å². The minimum absolute atomic E-state index is 0.124. The topological polar surface area (TPSA) is 36.3 Å². The summed E-state index contributed by atoms with van der Waals surface area (Å²) in [4.78, 5) is 0. The number of rotatable bonds is 10. The highest BCUT2D eigenvalue weighted by Crippen LogP contribution is 2.38. The van der Waals surface area contributed by atoms with Gasteiger partial charge < -0.3 is 4.74 Å². The molecule has 1 aliphatic heterocycles. The van der Waals surface area contributed by atoms with Crippen LogP contribution in [0, 0.1) is 11.3 Å². The highest BCUT2D eigenvalue weighted by atomic mass is 16.6. The number of nitrogens with zero attached hydrogens (tertiary/aromatic N) is 1. The number of hydrogen-bond donors (Lipinski definition) is 0. The van der Waals surface area contributed by atoms with E-state index in [2.05, 4.69) is 52.8 Å². The molecule has 0 aromatic heterocycles. The van der Waals surface area contributed by atoms with Crippen LogP contribution < -0.4 is 0 Å². The van der Waals surface area contributed by atoms with Gasteiger partial charge in [0.1, 0.15) is 0 Å². The van der Waals surface area contributed by atoms with Crippen molar-refractivity contribution in [3.8, 4) is 6.07 Å². The second-order valence-electron chi connectivity index (χ2n) is 7.34. The summed E-state index contributed by atoms with van der Waals surface area (Å²) in [5, 5.41) is 8.55. The predicted molar refractivity (Wildman–Crippen MR) is 98.2 cm³/mol. The molecule has 1 atom stereocenters. The number of epoxide rings is 1. The van der Waals surface area contributed by atoms with Gasteiger partial charge in [-0.1, -0.05) is 34.9 Å². The number of hydrogen-bond acceptors (Lipinski definition) is 2. The molecular formula is C21H33NO. The summed E-state index contributed by atoms with van der Waals surface area (Å²) in [5.41, 5.74) is 4.39. The quantitative estimate of drug-likeness (QED) is 0.352. The van der Waals surface area contributed by atoms with Crippen molar-refractivity contribution in [2.75, 3.05) is 0 Å². The minimum atomic E-state index is 0.124. The van der Waals surface area contributed by atoms with Crippen molar-refractivity contribution < 1.29 is 4.74 Å². The molecule has 128 valence electrons. The van der Waals surface area contributed by atoms with Gasteiger partial charge in [-0.05, 0) is 73.1 Å². The van der Waals surface area contributed by atoms with Crippen molar-refractivity contribution >= 4 is 0 Å². The molecule has 1 aliphatic rings. The maximum atomic E-state index is 8.55. The zero-order chi connectivity index (χ0) is 17.3. The van der Waals surface area contributed by atoms with Crippen LogP contribution in [-0.4, -0.2) is 11.7 Å². The molecule has 0 spiro atoms. The van der Waals surface area contributed by atoms with Gasteiger partial charge in [-0.3, -0.25) is 0 Å². The van der Waals surface area contributed by atoms with E-state index in [0.717, 1.165) is 38.5 Å². The summed E-state index contributed by atoms with van der Waals surface area (Å²) >= 11 is 0. The lowest BCUT2D eigenvalue weighted by molar-refractivity contribution is 0.320. The zero-order valence-electron chi connectivity index (χ0n) is 15.6. The predicted octanol–water partition coefficient (Wildman–Crippen LogP) is 6.26. The molecule has 2 nitrogen and oxygen atoms in total. The maximum Gasteiger partial charge on any atom is 0.0892 e. The molecule has 0 amide bonds. The largest absolute Gasteiger partial charge is 0.367 e. The van der Waals surface area contributed by atoms with Crippen LogP contribution in [0.5, 0.6) is 0 Å². The van der Waals surface area contributed by atoms with Crippen LogP contribution in [0.1, 0.15) is 79.6 Å². The number of nitriles is 1. The molecule has 1 saturated heterocycles. The minimum Gasteiger partial charge on any atom is -0.367 e. The number of allylic oxidation sites excluding steroid dienone is 6. The van der Waals surface area contributed by atoms with Crippen molar-refractivity contribution in [2.24, 2.45) is 0 Å². The molecule has 0 radical (unpaired) electrons. The average Bonchev–Trinajstić information content (AvgIpc) is 3.10. The zero-order valence-corrected chi connectivity index (χ0v) is 15.6. The van der Waals surface area contributed by atoms with E-state index in [1.165, 1.54) is 16.7 Å². The first kappa shape index (κ1) is 19.7. The van der Waals surface area contributed by atoms with Gasteiger partial charge in [0, 0.05) is 0 Å². The van der Waals surface area contributed by atoms with E-state index in [1.54, 1.807) is 0 Å². The summed E-state index contributed by atoms with van der Waals surface area (Å²) < 4.78 is 5.63. The second kappa shape index (κ2) is 9.73. The Kier molecular flexibility index (Phi) is 8.34. The Morgan fingerprint density at radius 1 is 0.957 bits per heavy atom. The molecule has 0 bridgehead atoms. The van der Waals surface area contributed by atoms with Gasteiger partial charge in [-0.2, -0.15) is 5.26 Å². The third-order valence-electron chi connectivity index (χ3n) is 4.57. The van der Waals surface area contributed by atoms with Crippen LogP contribution >= 0.6 is 0 Å². The lowest BCUT2D eigenvalue weighted by atomic mass is 10.0. The van der Waals surface area contributed by atoms with Crippen LogP contribution in [0.4, 0.5) is 0 Å². The molecule has 2 heteroatoms. The first-order valence-corrected chi connectivity index (χ1v) is 8.87. The van der Waals surface area contributed by atoms with Crippen LogP contribution in [0.3, 0.4) is 0 Å². The number of ether oxygens (including phenoxy) is 1.